The number of ether oxygens (including phenoxy) is 1. The number of pyridine rings is 1. The highest BCUT2D eigenvalue weighted by Crippen LogP contribution is 2.38. The second-order valence-electron chi connectivity index (χ2n) is 3.27. The van der Waals surface area contributed by atoms with E-state index in [1.165, 1.54) is 6.92 Å². The fourth-order valence-corrected chi connectivity index (χ4v) is 1.58. The Bertz CT molecular complexity index is 490. The van der Waals surface area contributed by atoms with E-state index >= 15 is 0 Å². The highest BCUT2D eigenvalue weighted by atomic mass is 35.5. The Morgan fingerprint density at radius 3 is 2.47 bits per heavy atom. The van der Waals surface area contributed by atoms with Crippen LogP contribution in [0.25, 0.3) is 0 Å². The van der Waals surface area contributed by atoms with E-state index in [1.54, 1.807) is 0 Å². The molecule has 0 unspecified atom stereocenters. The molecule has 0 bridgehead atoms. The summed E-state index contributed by atoms with van der Waals surface area (Å²) >= 11 is 5.40. The molecule has 0 aromatic carbocycles. The fraction of sp³-hybridized carbons (Fsp3) is 0.400. The number of hydrogen-bond donors (Lipinski definition) is 0. The number of esters is 1. The molecule has 0 aliphatic heterocycles. The van der Waals surface area contributed by atoms with E-state index in [0.717, 1.165) is 0 Å². The number of nitrogens with zero attached hydrogens (tertiary/aromatic N) is 1. The average Bonchev–Trinajstić information content (AvgIpc) is 2.26. The Morgan fingerprint density at radius 2 is 2.05 bits per heavy atom. The van der Waals surface area contributed by atoms with E-state index < -0.39 is 40.4 Å². The van der Waals surface area contributed by atoms with Gasteiger partial charge in [-0.25, -0.2) is 13.6 Å². The zero-order chi connectivity index (χ0) is 14.8. The van der Waals surface area contributed by atoms with E-state index in [1.807, 2.05) is 0 Å². The van der Waals surface area contributed by atoms with Crippen molar-refractivity contribution < 1.29 is 31.5 Å². The Morgan fingerprint density at radius 1 is 1.47 bits per heavy atom. The largest absolute Gasteiger partial charge is 0.462 e. The van der Waals surface area contributed by atoms with Crippen molar-refractivity contribution in [3.05, 3.63) is 28.0 Å². The maximum absolute atomic E-state index is 12.7. The summed E-state index contributed by atoms with van der Waals surface area (Å²) in [5.74, 6) is -1.43. The van der Waals surface area contributed by atoms with Crippen LogP contribution in [0, 0.1) is 0 Å². The van der Waals surface area contributed by atoms with Gasteiger partial charge >= 0.3 is 12.1 Å². The molecule has 1 aromatic heterocycles. The summed E-state index contributed by atoms with van der Waals surface area (Å²) in [6.07, 6.45) is -8.03. The molecular formula is C10H7ClF5NO2. The molecule has 0 saturated carbocycles. The van der Waals surface area contributed by atoms with Gasteiger partial charge in [-0.3, -0.25) is 4.98 Å². The van der Waals surface area contributed by atoms with Gasteiger partial charge in [0.05, 0.1) is 22.8 Å². The minimum absolute atomic E-state index is 0.139. The first-order valence-corrected chi connectivity index (χ1v) is 5.28. The standard InChI is InChI=1S/C10H7ClF5NO2/c1-2-19-9(18)5-4(10(14,15)16)3-17-7(6(5)11)8(12)13/h3,8H,2H2,1H3. The molecule has 0 N–H and O–H groups in total. The van der Waals surface area contributed by atoms with Crippen LogP contribution in [0.15, 0.2) is 6.20 Å². The van der Waals surface area contributed by atoms with Crippen molar-refractivity contribution in [2.24, 2.45) is 0 Å². The summed E-state index contributed by atoms with van der Waals surface area (Å²) in [7, 11) is 0. The Labute approximate surface area is 109 Å². The second kappa shape index (κ2) is 5.68. The molecule has 1 rings (SSSR count). The number of aromatic nitrogens is 1. The van der Waals surface area contributed by atoms with Gasteiger partial charge in [-0.05, 0) is 6.92 Å². The number of carbonyl (C=O) groups is 1. The summed E-state index contributed by atoms with van der Waals surface area (Å²) in [5.41, 5.74) is -3.76. The normalized spacial score (nSPS) is 11.8. The SMILES string of the molecule is CCOC(=O)c1c(C(F)(F)F)cnc(C(F)F)c1Cl. The van der Waals surface area contributed by atoms with Crippen molar-refractivity contribution in [2.75, 3.05) is 6.61 Å². The molecular weight excluding hydrogens is 297 g/mol. The molecule has 19 heavy (non-hydrogen) atoms. The highest BCUT2D eigenvalue weighted by molar-refractivity contribution is 6.34. The van der Waals surface area contributed by atoms with Crippen molar-refractivity contribution in [3.8, 4) is 0 Å². The molecule has 0 fully saturated rings. The quantitative estimate of drug-likeness (QED) is 0.628. The van der Waals surface area contributed by atoms with Crippen molar-refractivity contribution >= 4 is 17.6 Å². The first-order valence-electron chi connectivity index (χ1n) is 4.91. The molecule has 9 heteroatoms. The van der Waals surface area contributed by atoms with Crippen LogP contribution in [0.3, 0.4) is 0 Å². The van der Waals surface area contributed by atoms with Crippen molar-refractivity contribution in [3.63, 3.8) is 0 Å². The van der Waals surface area contributed by atoms with Crippen LogP contribution in [0.2, 0.25) is 5.02 Å². The van der Waals surface area contributed by atoms with Crippen LogP contribution in [0.5, 0.6) is 0 Å². The van der Waals surface area contributed by atoms with Crippen molar-refractivity contribution in [2.45, 2.75) is 19.5 Å². The van der Waals surface area contributed by atoms with E-state index in [-0.39, 0.29) is 12.8 Å². The number of hydrogen-bond acceptors (Lipinski definition) is 3. The topological polar surface area (TPSA) is 39.2 Å². The fourth-order valence-electron chi connectivity index (χ4n) is 1.27. The second-order valence-corrected chi connectivity index (χ2v) is 3.64. The van der Waals surface area contributed by atoms with Crippen LogP contribution < -0.4 is 0 Å². The number of alkyl halides is 5. The molecule has 3 nitrogen and oxygen atoms in total. The Hall–Kier alpha value is -1.44. The molecule has 106 valence electrons. The lowest BCUT2D eigenvalue weighted by Gasteiger charge is -2.14. The minimum atomic E-state index is -4.96. The number of halogens is 6. The van der Waals surface area contributed by atoms with Crippen molar-refractivity contribution in [1.82, 2.24) is 4.98 Å². The molecule has 0 radical (unpaired) electrons. The van der Waals surface area contributed by atoms with Crippen LogP contribution >= 0.6 is 11.6 Å². The summed E-state index contributed by atoms with van der Waals surface area (Å²) in [4.78, 5) is 14.4. The summed E-state index contributed by atoms with van der Waals surface area (Å²) in [5, 5.41) is -1.05. The van der Waals surface area contributed by atoms with Gasteiger partial charge in [0.1, 0.15) is 5.69 Å². The molecule has 1 heterocycles. The van der Waals surface area contributed by atoms with E-state index in [9.17, 15) is 26.7 Å². The first-order chi connectivity index (χ1) is 8.70. The van der Waals surface area contributed by atoms with Gasteiger partial charge in [-0.2, -0.15) is 13.2 Å². The zero-order valence-corrected chi connectivity index (χ0v) is 10.1. The average molecular weight is 304 g/mol. The van der Waals surface area contributed by atoms with Crippen molar-refractivity contribution in [1.29, 1.82) is 0 Å². The van der Waals surface area contributed by atoms with E-state index in [0.29, 0.717) is 0 Å². The minimum Gasteiger partial charge on any atom is -0.462 e. The maximum Gasteiger partial charge on any atom is 0.418 e. The van der Waals surface area contributed by atoms with Gasteiger partial charge in [-0.15, -0.1) is 0 Å². The summed E-state index contributed by atoms with van der Waals surface area (Å²) < 4.78 is 67.4. The molecule has 0 aliphatic rings. The van der Waals surface area contributed by atoms with Crippen LogP contribution in [0.1, 0.15) is 35.0 Å². The van der Waals surface area contributed by atoms with E-state index in [4.69, 9.17) is 11.6 Å². The third kappa shape index (κ3) is 3.31. The van der Waals surface area contributed by atoms with Gasteiger partial charge in [0, 0.05) is 6.20 Å². The molecule has 0 saturated heterocycles. The molecule has 1 aromatic rings. The zero-order valence-electron chi connectivity index (χ0n) is 9.39. The van der Waals surface area contributed by atoms with Gasteiger partial charge in [0.15, 0.2) is 0 Å². The van der Waals surface area contributed by atoms with Crippen LogP contribution in [0.4, 0.5) is 22.0 Å². The van der Waals surface area contributed by atoms with Gasteiger partial charge in [-0.1, -0.05) is 11.6 Å². The first kappa shape index (κ1) is 15.6. The van der Waals surface area contributed by atoms with Crippen LogP contribution in [-0.2, 0) is 10.9 Å². The Kier molecular flexibility index (Phi) is 4.67. The molecule has 0 atom stereocenters. The lowest BCUT2D eigenvalue weighted by atomic mass is 10.1. The van der Waals surface area contributed by atoms with Gasteiger partial charge < -0.3 is 4.74 Å². The van der Waals surface area contributed by atoms with Gasteiger partial charge in [0.2, 0.25) is 0 Å². The Balaban J connectivity index is 3.51. The third-order valence-electron chi connectivity index (χ3n) is 2.04. The lowest BCUT2D eigenvalue weighted by molar-refractivity contribution is -0.138. The predicted octanol–water partition coefficient (Wildman–Crippen LogP) is 3.87. The molecule has 0 amide bonds. The molecule has 0 spiro atoms. The highest BCUT2D eigenvalue weighted by Gasteiger charge is 2.39. The van der Waals surface area contributed by atoms with Gasteiger partial charge in [0.25, 0.3) is 6.43 Å². The number of carbonyl (C=O) groups excluding carboxylic acids is 1. The predicted molar refractivity (Wildman–Crippen MR) is 55.2 cm³/mol. The monoisotopic (exact) mass is 303 g/mol. The lowest BCUT2D eigenvalue weighted by Crippen LogP contribution is -2.17. The summed E-state index contributed by atoms with van der Waals surface area (Å²) in [6, 6.07) is 0. The maximum atomic E-state index is 12.7. The van der Waals surface area contributed by atoms with E-state index in [2.05, 4.69) is 9.72 Å². The summed E-state index contributed by atoms with van der Waals surface area (Å²) in [6.45, 7) is 1.13. The number of rotatable bonds is 3. The van der Waals surface area contributed by atoms with Crippen LogP contribution in [-0.4, -0.2) is 17.6 Å². The third-order valence-corrected chi connectivity index (χ3v) is 2.42. The molecule has 0 aliphatic carbocycles. The smallest absolute Gasteiger partial charge is 0.418 e.